The number of rotatable bonds is 1. The molecule has 0 saturated heterocycles. The van der Waals surface area contributed by atoms with Crippen LogP contribution in [0.5, 0.6) is 5.75 Å². The number of aliphatic hydroxyl groups excluding tert-OH is 1. The Hall–Kier alpha value is -1.61. The molecule has 1 heterocycles. The average Bonchev–Trinajstić information content (AvgIpc) is 2.17. The first-order valence-corrected chi connectivity index (χ1v) is 4.00. The van der Waals surface area contributed by atoms with Gasteiger partial charge in [-0.1, -0.05) is 18.2 Å². The summed E-state index contributed by atoms with van der Waals surface area (Å²) in [5, 5.41) is 19.1. The van der Waals surface area contributed by atoms with Crippen LogP contribution in [0.4, 0.5) is 0 Å². The quantitative estimate of drug-likeness (QED) is 0.689. The van der Waals surface area contributed by atoms with E-state index in [0.717, 1.165) is 10.9 Å². The lowest BCUT2D eigenvalue weighted by atomic mass is 10.2. The van der Waals surface area contributed by atoms with E-state index in [9.17, 15) is 5.11 Å². The Bertz CT molecular complexity index is 440. The molecule has 0 radical (unpaired) electrons. The molecule has 0 aliphatic carbocycles. The minimum absolute atomic E-state index is 0.0428. The Balaban J connectivity index is 2.74. The number of para-hydroxylation sites is 1. The molecule has 0 unspecified atom stereocenters. The highest BCUT2D eigenvalue weighted by Crippen LogP contribution is 2.21. The van der Waals surface area contributed by atoms with Gasteiger partial charge in [-0.15, -0.1) is 0 Å². The van der Waals surface area contributed by atoms with E-state index in [4.69, 9.17) is 5.11 Å². The van der Waals surface area contributed by atoms with Gasteiger partial charge in [0.25, 0.3) is 0 Å². The molecule has 1 aromatic heterocycles. The molecule has 0 atom stereocenters. The Kier molecular flexibility index (Phi) is 1.87. The number of hydrogen-bond acceptors (Lipinski definition) is 3. The van der Waals surface area contributed by atoms with Crippen LogP contribution in [0.3, 0.4) is 0 Å². The van der Waals surface area contributed by atoms with E-state index in [0.29, 0.717) is 5.69 Å². The molecular formula is C10H9NO2. The molecular weight excluding hydrogens is 166 g/mol. The highest BCUT2D eigenvalue weighted by atomic mass is 16.3. The van der Waals surface area contributed by atoms with Crippen LogP contribution in [0.15, 0.2) is 30.3 Å². The second-order valence-electron chi connectivity index (χ2n) is 2.81. The normalized spacial score (nSPS) is 10.5. The zero-order valence-corrected chi connectivity index (χ0v) is 6.94. The van der Waals surface area contributed by atoms with Crippen LogP contribution >= 0.6 is 0 Å². The van der Waals surface area contributed by atoms with E-state index in [1.165, 1.54) is 0 Å². The van der Waals surface area contributed by atoms with Crippen LogP contribution in [0.25, 0.3) is 10.9 Å². The summed E-state index contributed by atoms with van der Waals surface area (Å²) < 4.78 is 0. The second kappa shape index (κ2) is 3.03. The maximum absolute atomic E-state index is 9.39. The number of benzene rings is 1. The largest absolute Gasteiger partial charge is 0.506 e. The van der Waals surface area contributed by atoms with Crippen molar-refractivity contribution in [2.24, 2.45) is 0 Å². The van der Waals surface area contributed by atoms with Crippen molar-refractivity contribution in [3.63, 3.8) is 0 Å². The van der Waals surface area contributed by atoms with Crippen LogP contribution in [0, 0.1) is 0 Å². The van der Waals surface area contributed by atoms with Gasteiger partial charge in [0.05, 0.1) is 12.1 Å². The molecule has 0 aliphatic heterocycles. The highest BCUT2D eigenvalue weighted by Gasteiger charge is 2.03. The molecule has 2 aromatic rings. The second-order valence-corrected chi connectivity index (χ2v) is 2.81. The van der Waals surface area contributed by atoms with E-state index in [-0.39, 0.29) is 12.4 Å². The van der Waals surface area contributed by atoms with Gasteiger partial charge in [-0.2, -0.15) is 0 Å². The fourth-order valence-corrected chi connectivity index (χ4v) is 1.26. The molecule has 0 spiro atoms. The molecule has 0 bridgehead atoms. The monoisotopic (exact) mass is 175 g/mol. The number of hydrogen-bond donors (Lipinski definition) is 2. The van der Waals surface area contributed by atoms with Crippen LogP contribution in [-0.4, -0.2) is 15.2 Å². The summed E-state index contributed by atoms with van der Waals surface area (Å²) in [6.07, 6.45) is 0. The Morgan fingerprint density at radius 1 is 1.23 bits per heavy atom. The van der Waals surface area contributed by atoms with Crippen molar-refractivity contribution < 1.29 is 10.2 Å². The van der Waals surface area contributed by atoms with Gasteiger partial charge in [-0.3, -0.25) is 0 Å². The van der Waals surface area contributed by atoms with Gasteiger partial charge in [0, 0.05) is 5.39 Å². The lowest BCUT2D eigenvalue weighted by Gasteiger charge is -2.02. The third kappa shape index (κ3) is 1.34. The number of aliphatic hydroxyl groups is 1. The Morgan fingerprint density at radius 2 is 2.00 bits per heavy atom. The van der Waals surface area contributed by atoms with Gasteiger partial charge in [-0.05, 0) is 12.1 Å². The first-order chi connectivity index (χ1) is 6.31. The summed E-state index contributed by atoms with van der Waals surface area (Å²) in [5.41, 5.74) is 1.10. The molecule has 3 nitrogen and oxygen atoms in total. The van der Waals surface area contributed by atoms with Crippen LogP contribution in [-0.2, 0) is 6.61 Å². The minimum Gasteiger partial charge on any atom is -0.506 e. The van der Waals surface area contributed by atoms with Crippen molar-refractivity contribution in [3.05, 3.63) is 36.0 Å². The zero-order valence-electron chi connectivity index (χ0n) is 6.94. The molecule has 0 fully saturated rings. The van der Waals surface area contributed by atoms with Crippen molar-refractivity contribution in [1.29, 1.82) is 0 Å². The van der Waals surface area contributed by atoms with Crippen molar-refractivity contribution in [1.82, 2.24) is 4.98 Å². The third-order valence-corrected chi connectivity index (χ3v) is 1.93. The van der Waals surface area contributed by atoms with Gasteiger partial charge in [-0.25, -0.2) is 4.98 Å². The number of pyridine rings is 1. The standard InChI is InChI=1S/C10H9NO2/c12-6-9-10(13)5-7-3-1-2-4-8(7)11-9/h1-5,12-13H,6H2. The Morgan fingerprint density at radius 3 is 2.77 bits per heavy atom. The predicted molar refractivity (Wildman–Crippen MR) is 49.3 cm³/mol. The van der Waals surface area contributed by atoms with Gasteiger partial charge >= 0.3 is 0 Å². The summed E-state index contributed by atoms with van der Waals surface area (Å²) >= 11 is 0. The first-order valence-electron chi connectivity index (χ1n) is 4.00. The molecule has 0 saturated carbocycles. The van der Waals surface area contributed by atoms with E-state index in [1.807, 2.05) is 24.3 Å². The topological polar surface area (TPSA) is 53.4 Å². The summed E-state index contributed by atoms with van der Waals surface area (Å²) in [6, 6.07) is 9.06. The van der Waals surface area contributed by atoms with Gasteiger partial charge in [0.2, 0.25) is 0 Å². The fraction of sp³-hybridized carbons (Fsp3) is 0.100. The minimum atomic E-state index is -0.239. The maximum Gasteiger partial charge on any atom is 0.140 e. The van der Waals surface area contributed by atoms with Crippen LogP contribution < -0.4 is 0 Å². The number of aromatic hydroxyl groups is 1. The van der Waals surface area contributed by atoms with Crippen LogP contribution in [0.1, 0.15) is 5.69 Å². The number of aromatic nitrogens is 1. The molecule has 3 heteroatoms. The van der Waals surface area contributed by atoms with Crippen molar-refractivity contribution in [2.45, 2.75) is 6.61 Å². The van der Waals surface area contributed by atoms with E-state index in [1.54, 1.807) is 6.07 Å². The van der Waals surface area contributed by atoms with Gasteiger partial charge in [0.15, 0.2) is 0 Å². The SMILES string of the molecule is OCc1nc2ccccc2cc1O. The summed E-state index contributed by atoms with van der Waals surface area (Å²) in [7, 11) is 0. The zero-order chi connectivity index (χ0) is 9.26. The maximum atomic E-state index is 9.39. The fourth-order valence-electron chi connectivity index (χ4n) is 1.26. The predicted octanol–water partition coefficient (Wildman–Crippen LogP) is 1.43. The third-order valence-electron chi connectivity index (χ3n) is 1.93. The number of nitrogens with zero attached hydrogens (tertiary/aromatic N) is 1. The highest BCUT2D eigenvalue weighted by molar-refractivity contribution is 5.80. The Labute approximate surface area is 75.3 Å². The van der Waals surface area contributed by atoms with E-state index in [2.05, 4.69) is 4.98 Å². The van der Waals surface area contributed by atoms with Crippen molar-refractivity contribution in [2.75, 3.05) is 0 Å². The summed E-state index contributed by atoms with van der Waals surface area (Å²) in [4.78, 5) is 4.09. The molecule has 1 aromatic carbocycles. The smallest absolute Gasteiger partial charge is 0.140 e. The van der Waals surface area contributed by atoms with Crippen LogP contribution in [0.2, 0.25) is 0 Å². The summed E-state index contributed by atoms with van der Waals surface area (Å²) in [6.45, 7) is -0.239. The molecule has 0 aliphatic rings. The van der Waals surface area contributed by atoms with E-state index >= 15 is 0 Å². The van der Waals surface area contributed by atoms with Crippen molar-refractivity contribution >= 4 is 10.9 Å². The lowest BCUT2D eigenvalue weighted by molar-refractivity contribution is 0.270. The summed E-state index contributed by atoms with van der Waals surface area (Å²) in [5.74, 6) is 0.0428. The molecule has 66 valence electrons. The van der Waals surface area contributed by atoms with Crippen molar-refractivity contribution in [3.8, 4) is 5.75 Å². The molecule has 2 N–H and O–H groups in total. The first kappa shape index (κ1) is 8.01. The lowest BCUT2D eigenvalue weighted by Crippen LogP contribution is -1.90. The average molecular weight is 175 g/mol. The molecule has 0 amide bonds. The number of fused-ring (bicyclic) bond motifs is 1. The van der Waals surface area contributed by atoms with Gasteiger partial charge in [0.1, 0.15) is 11.4 Å². The molecule has 13 heavy (non-hydrogen) atoms. The van der Waals surface area contributed by atoms with E-state index < -0.39 is 0 Å². The van der Waals surface area contributed by atoms with Gasteiger partial charge < -0.3 is 10.2 Å². The molecule has 2 rings (SSSR count).